The fourth-order valence-electron chi connectivity index (χ4n) is 3.99. The van der Waals surface area contributed by atoms with E-state index in [9.17, 15) is 23.2 Å². The second kappa shape index (κ2) is 8.97. The van der Waals surface area contributed by atoms with Crippen LogP contribution in [0.25, 0.3) is 0 Å². The van der Waals surface area contributed by atoms with Gasteiger partial charge in [0, 0.05) is 25.1 Å². The summed E-state index contributed by atoms with van der Waals surface area (Å²) in [6.45, 7) is 3.94. The summed E-state index contributed by atoms with van der Waals surface area (Å²) in [5.74, 6) is -0.297. The molecule has 2 heterocycles. The molecule has 0 spiro atoms. The second-order valence-corrected chi connectivity index (χ2v) is 7.87. The minimum atomic E-state index is -2.94. The first kappa shape index (κ1) is 22.0. The normalized spacial score (nSPS) is 22.9. The maximum atomic E-state index is 13.2. The van der Waals surface area contributed by atoms with Crippen LogP contribution in [-0.4, -0.2) is 70.9 Å². The van der Waals surface area contributed by atoms with Gasteiger partial charge < -0.3 is 19.4 Å². The lowest BCUT2D eigenvalue weighted by molar-refractivity contribution is -0.166. The monoisotopic (exact) mass is 423 g/mol. The fourth-order valence-corrected chi connectivity index (χ4v) is 3.99. The summed E-state index contributed by atoms with van der Waals surface area (Å²) in [6.07, 6.45) is 0.506. The zero-order valence-corrected chi connectivity index (χ0v) is 17.4. The van der Waals surface area contributed by atoms with E-state index in [4.69, 9.17) is 0 Å². The molecule has 2 aliphatic rings. The van der Waals surface area contributed by atoms with Crippen molar-refractivity contribution in [2.75, 3.05) is 19.6 Å². The van der Waals surface area contributed by atoms with E-state index >= 15 is 0 Å². The highest BCUT2D eigenvalue weighted by Crippen LogP contribution is 2.28. The SMILES string of the molecule is CCC(C)CN1CC2N(C(=O)c3ccc(OC(F)F)cc3)CCC(=O)N2[C@@H](C)C1=O. The first-order valence-corrected chi connectivity index (χ1v) is 10.2. The number of fused-ring (bicyclic) bond motifs is 1. The molecule has 2 aliphatic heterocycles. The molecule has 0 radical (unpaired) electrons. The van der Waals surface area contributed by atoms with Crippen molar-refractivity contribution in [2.45, 2.75) is 52.4 Å². The standard InChI is InChI=1S/C21H27F2N3O4/c1-4-13(2)11-24-12-17-25(10-9-18(27)26(17)14(3)19(24)28)20(29)15-5-7-16(8-6-15)30-21(22)23/h5-8,13-14,17,21H,4,9-12H2,1-3H3/t13?,14-,17?/m0/s1. The molecule has 30 heavy (non-hydrogen) atoms. The van der Waals surface area contributed by atoms with E-state index < -0.39 is 18.8 Å². The molecule has 3 rings (SSSR count). The van der Waals surface area contributed by atoms with Crippen molar-refractivity contribution in [1.29, 1.82) is 0 Å². The van der Waals surface area contributed by atoms with E-state index in [-0.39, 0.29) is 43.0 Å². The molecule has 0 aromatic heterocycles. The molecule has 0 bridgehead atoms. The highest BCUT2D eigenvalue weighted by molar-refractivity contribution is 5.97. The molecule has 2 fully saturated rings. The van der Waals surface area contributed by atoms with Crippen molar-refractivity contribution in [1.82, 2.24) is 14.7 Å². The van der Waals surface area contributed by atoms with E-state index in [1.165, 1.54) is 29.2 Å². The first-order chi connectivity index (χ1) is 14.2. The van der Waals surface area contributed by atoms with Crippen molar-refractivity contribution in [3.8, 4) is 5.75 Å². The Morgan fingerprint density at radius 1 is 1.23 bits per heavy atom. The molecule has 3 atom stereocenters. The van der Waals surface area contributed by atoms with Gasteiger partial charge in [-0.15, -0.1) is 0 Å². The van der Waals surface area contributed by atoms with E-state index in [2.05, 4.69) is 18.6 Å². The Bertz CT molecular complexity index is 802. The third kappa shape index (κ3) is 4.39. The zero-order valence-electron chi connectivity index (χ0n) is 17.4. The Morgan fingerprint density at radius 3 is 2.50 bits per heavy atom. The molecule has 164 valence electrons. The number of amides is 3. The van der Waals surface area contributed by atoms with Crippen LogP contribution in [-0.2, 0) is 9.59 Å². The van der Waals surface area contributed by atoms with Crippen molar-refractivity contribution in [3.05, 3.63) is 29.8 Å². The average Bonchev–Trinajstić information content (AvgIpc) is 2.71. The Kier molecular flexibility index (Phi) is 6.58. The predicted molar refractivity (Wildman–Crippen MR) is 105 cm³/mol. The van der Waals surface area contributed by atoms with Gasteiger partial charge in [-0.05, 0) is 37.1 Å². The number of ether oxygens (including phenoxy) is 1. The fraction of sp³-hybridized carbons (Fsp3) is 0.571. The number of rotatable bonds is 6. The van der Waals surface area contributed by atoms with Crippen molar-refractivity contribution in [3.63, 3.8) is 0 Å². The summed E-state index contributed by atoms with van der Waals surface area (Å²) in [5, 5.41) is 0. The van der Waals surface area contributed by atoms with Crippen LogP contribution in [0.2, 0.25) is 0 Å². The molecule has 7 nitrogen and oxygen atoms in total. The van der Waals surface area contributed by atoms with Crippen LogP contribution in [0.3, 0.4) is 0 Å². The molecule has 0 N–H and O–H groups in total. The van der Waals surface area contributed by atoms with Gasteiger partial charge in [-0.25, -0.2) is 0 Å². The summed E-state index contributed by atoms with van der Waals surface area (Å²) in [5.41, 5.74) is 0.309. The van der Waals surface area contributed by atoms with E-state index in [0.29, 0.717) is 18.0 Å². The Labute approximate surface area is 174 Å². The van der Waals surface area contributed by atoms with Gasteiger partial charge in [0.2, 0.25) is 11.8 Å². The third-order valence-corrected chi connectivity index (χ3v) is 5.82. The number of piperazine rings is 1. The zero-order chi connectivity index (χ0) is 22.0. The lowest BCUT2D eigenvalue weighted by Gasteiger charge is -2.51. The lowest BCUT2D eigenvalue weighted by atomic mass is 10.0. The van der Waals surface area contributed by atoms with Gasteiger partial charge in [-0.1, -0.05) is 20.3 Å². The first-order valence-electron chi connectivity index (χ1n) is 10.2. The van der Waals surface area contributed by atoms with Crippen LogP contribution in [0.1, 0.15) is 44.0 Å². The maximum Gasteiger partial charge on any atom is 0.387 e. The summed E-state index contributed by atoms with van der Waals surface area (Å²) in [7, 11) is 0. The van der Waals surface area contributed by atoms with Crippen molar-refractivity contribution < 1.29 is 27.9 Å². The molecule has 1 aromatic rings. The molecule has 2 unspecified atom stereocenters. The summed E-state index contributed by atoms with van der Waals surface area (Å²) < 4.78 is 29.0. The van der Waals surface area contributed by atoms with Gasteiger partial charge in [0.05, 0.1) is 6.54 Å². The van der Waals surface area contributed by atoms with Crippen molar-refractivity contribution >= 4 is 17.7 Å². The number of carbonyl (C=O) groups is 3. The van der Waals surface area contributed by atoms with Gasteiger partial charge in [-0.3, -0.25) is 14.4 Å². The maximum absolute atomic E-state index is 13.2. The van der Waals surface area contributed by atoms with Crippen LogP contribution in [0.4, 0.5) is 8.78 Å². The second-order valence-electron chi connectivity index (χ2n) is 7.87. The van der Waals surface area contributed by atoms with Crippen LogP contribution >= 0.6 is 0 Å². The number of alkyl halides is 2. The van der Waals surface area contributed by atoms with Gasteiger partial charge in [0.25, 0.3) is 5.91 Å². The molecular weight excluding hydrogens is 396 g/mol. The summed E-state index contributed by atoms with van der Waals surface area (Å²) in [6, 6.07) is 4.84. The number of hydrogen-bond donors (Lipinski definition) is 0. The third-order valence-electron chi connectivity index (χ3n) is 5.82. The Hall–Kier alpha value is -2.71. The van der Waals surface area contributed by atoms with Gasteiger partial charge in [0.15, 0.2) is 0 Å². The number of nitrogens with zero attached hydrogens (tertiary/aromatic N) is 3. The van der Waals surface area contributed by atoms with Gasteiger partial charge in [0.1, 0.15) is 18.0 Å². The van der Waals surface area contributed by atoms with Crippen LogP contribution in [0.5, 0.6) is 5.75 Å². The van der Waals surface area contributed by atoms with Gasteiger partial charge >= 0.3 is 6.61 Å². The molecule has 0 saturated carbocycles. The Morgan fingerprint density at radius 2 is 1.90 bits per heavy atom. The Balaban J connectivity index is 1.83. The molecule has 2 saturated heterocycles. The summed E-state index contributed by atoms with van der Waals surface area (Å²) >= 11 is 0. The molecular formula is C21H27F2N3O4. The lowest BCUT2D eigenvalue weighted by Crippen LogP contribution is -2.70. The van der Waals surface area contributed by atoms with Crippen LogP contribution in [0, 0.1) is 5.92 Å². The van der Waals surface area contributed by atoms with E-state index in [1.807, 2.05) is 0 Å². The van der Waals surface area contributed by atoms with Gasteiger partial charge in [-0.2, -0.15) is 8.78 Å². The number of carbonyl (C=O) groups excluding carboxylic acids is 3. The summed E-state index contributed by atoms with van der Waals surface area (Å²) in [4.78, 5) is 43.4. The minimum absolute atomic E-state index is 0.0337. The smallest absolute Gasteiger partial charge is 0.387 e. The van der Waals surface area contributed by atoms with Crippen LogP contribution < -0.4 is 4.74 Å². The molecule has 0 aliphatic carbocycles. The van der Waals surface area contributed by atoms with Crippen molar-refractivity contribution in [2.24, 2.45) is 5.92 Å². The highest BCUT2D eigenvalue weighted by atomic mass is 19.3. The number of hydrogen-bond acceptors (Lipinski definition) is 4. The highest BCUT2D eigenvalue weighted by Gasteiger charge is 2.47. The topological polar surface area (TPSA) is 70.2 Å². The number of benzene rings is 1. The molecule has 9 heteroatoms. The average molecular weight is 423 g/mol. The number of halogens is 2. The quantitative estimate of drug-likeness (QED) is 0.705. The minimum Gasteiger partial charge on any atom is -0.435 e. The van der Waals surface area contributed by atoms with E-state index in [0.717, 1.165) is 6.42 Å². The molecule has 1 aromatic carbocycles. The van der Waals surface area contributed by atoms with Crippen LogP contribution in [0.15, 0.2) is 24.3 Å². The largest absolute Gasteiger partial charge is 0.435 e. The predicted octanol–water partition coefficient (Wildman–Crippen LogP) is 2.57. The molecule has 3 amide bonds. The van der Waals surface area contributed by atoms with E-state index in [1.54, 1.807) is 16.7 Å².